The molecular formula is C29H55O12PS. The molecule has 43 heavy (non-hydrogen) atoms. The van der Waals surface area contributed by atoms with E-state index in [9.17, 15) is 44.6 Å². The highest BCUT2D eigenvalue weighted by atomic mass is 32.7. The normalized spacial score (nSPS) is 26.0. The van der Waals surface area contributed by atoms with Crippen LogP contribution >= 0.6 is 18.2 Å². The molecule has 1 fully saturated rings. The van der Waals surface area contributed by atoms with E-state index in [1.165, 1.54) is 19.3 Å². The maximum Gasteiger partial charge on any atom is 0.387 e. The lowest BCUT2D eigenvalue weighted by Gasteiger charge is -2.41. The van der Waals surface area contributed by atoms with Crippen LogP contribution in [0.25, 0.3) is 0 Å². The monoisotopic (exact) mass is 658 g/mol. The van der Waals surface area contributed by atoms with Crippen molar-refractivity contribution in [2.24, 2.45) is 0 Å². The van der Waals surface area contributed by atoms with Gasteiger partial charge in [0.25, 0.3) is 0 Å². The fourth-order valence-electron chi connectivity index (χ4n) is 4.75. The van der Waals surface area contributed by atoms with Gasteiger partial charge in [0.15, 0.2) is 0 Å². The van der Waals surface area contributed by atoms with Crippen molar-refractivity contribution < 1.29 is 58.6 Å². The van der Waals surface area contributed by atoms with E-state index in [0.717, 1.165) is 57.8 Å². The molecule has 0 radical (unpaired) electrons. The average Bonchev–Trinajstić information content (AvgIpc) is 2.97. The van der Waals surface area contributed by atoms with E-state index in [1.807, 2.05) is 0 Å². The number of unbranched alkanes of at least 4 members (excludes halogenated alkanes) is 12. The molecule has 12 nitrogen and oxygen atoms in total. The highest BCUT2D eigenvalue weighted by Gasteiger charge is 2.51. The van der Waals surface area contributed by atoms with Crippen molar-refractivity contribution in [3.05, 3.63) is 0 Å². The molecule has 4 unspecified atom stereocenters. The molecule has 0 heterocycles. The summed E-state index contributed by atoms with van der Waals surface area (Å²) in [4.78, 5) is 35.2. The van der Waals surface area contributed by atoms with Crippen molar-refractivity contribution in [2.45, 2.75) is 159 Å². The fraction of sp³-hybridized carbons (Fsp3) is 0.931. The van der Waals surface area contributed by atoms with E-state index in [-0.39, 0.29) is 25.2 Å². The number of rotatable bonds is 24. The third-order valence-electron chi connectivity index (χ3n) is 7.45. The van der Waals surface area contributed by atoms with Gasteiger partial charge >= 0.3 is 18.7 Å². The number of esters is 2. The molecule has 1 aliphatic carbocycles. The quantitative estimate of drug-likeness (QED) is 0.0498. The smallest absolute Gasteiger partial charge is 0.387 e. The van der Waals surface area contributed by atoms with Gasteiger partial charge in [0, 0.05) is 18.6 Å². The van der Waals surface area contributed by atoms with Gasteiger partial charge in [-0.15, -0.1) is 0 Å². The molecule has 254 valence electrons. The van der Waals surface area contributed by atoms with E-state index >= 15 is 0 Å². The van der Waals surface area contributed by atoms with Gasteiger partial charge in [0.1, 0.15) is 49.3 Å². The summed E-state index contributed by atoms with van der Waals surface area (Å²) in [7, 11) is 0. The summed E-state index contributed by atoms with van der Waals surface area (Å²) in [6, 6.07) is 0. The Bertz CT molecular complexity index is 802. The highest BCUT2D eigenvalue weighted by Crippen LogP contribution is 2.58. The molecule has 14 heteroatoms. The molecule has 0 saturated heterocycles. The van der Waals surface area contributed by atoms with Crippen LogP contribution in [0.3, 0.4) is 0 Å². The Morgan fingerprint density at radius 3 is 1.58 bits per heavy atom. The van der Waals surface area contributed by atoms with Gasteiger partial charge in [-0.1, -0.05) is 90.9 Å². The van der Waals surface area contributed by atoms with Crippen molar-refractivity contribution in [2.75, 3.05) is 12.4 Å². The minimum absolute atomic E-state index is 0.146. The van der Waals surface area contributed by atoms with E-state index < -0.39 is 61.5 Å². The molecule has 0 aromatic carbocycles. The van der Waals surface area contributed by atoms with Gasteiger partial charge < -0.3 is 39.9 Å². The molecule has 6 N–H and O–H groups in total. The van der Waals surface area contributed by atoms with Crippen molar-refractivity contribution in [3.8, 4) is 0 Å². The summed E-state index contributed by atoms with van der Waals surface area (Å²) in [6.07, 6.45) is 2.07. The summed E-state index contributed by atoms with van der Waals surface area (Å²) in [5.74, 6) is -1.31. The number of aliphatic hydroxyl groups is 5. The maximum atomic E-state index is 12.8. The molecule has 8 atom stereocenters. The molecule has 0 amide bonds. The molecule has 0 aliphatic heterocycles. The standard InChI is InChI=1S/C29H55O12PS/c1-3-5-7-9-11-13-15-17-22(30)39-19-21(40-23(31)18-16-14-12-10-8-6-4-2)20-43-42(37,38)41-29-27(35)25(33)24(32)26(34)28(29)36/h21,24-29,32-36H,3-20H2,1-2H3,(H,37,38)/t21?,24?,25-,26+,27-,28-,29?/m0/s1. The van der Waals surface area contributed by atoms with Crippen LogP contribution in [-0.2, 0) is 28.2 Å². The molecule has 0 aromatic heterocycles. The minimum Gasteiger partial charge on any atom is -0.462 e. The van der Waals surface area contributed by atoms with Crippen LogP contribution in [0.2, 0.25) is 0 Å². The lowest BCUT2D eigenvalue weighted by atomic mass is 9.85. The second-order valence-electron chi connectivity index (χ2n) is 11.3. The summed E-state index contributed by atoms with van der Waals surface area (Å²) in [5, 5.41) is 49.7. The molecule has 0 aromatic rings. The molecule has 1 aliphatic rings. The Kier molecular flexibility index (Phi) is 21.3. The van der Waals surface area contributed by atoms with Crippen LogP contribution < -0.4 is 0 Å². The van der Waals surface area contributed by atoms with Crippen molar-refractivity contribution in [1.82, 2.24) is 0 Å². The molecular weight excluding hydrogens is 603 g/mol. The van der Waals surface area contributed by atoms with Crippen LogP contribution in [0, 0.1) is 0 Å². The molecule has 0 spiro atoms. The van der Waals surface area contributed by atoms with Gasteiger partial charge in [0.05, 0.1) is 0 Å². The first-order valence-corrected chi connectivity index (χ1v) is 19.0. The third-order valence-corrected chi connectivity index (χ3v) is 10.5. The van der Waals surface area contributed by atoms with E-state index in [2.05, 4.69) is 13.8 Å². The minimum atomic E-state index is -4.67. The van der Waals surface area contributed by atoms with Crippen molar-refractivity contribution in [3.63, 3.8) is 0 Å². The predicted octanol–water partition coefficient (Wildman–Crippen LogP) is 3.76. The van der Waals surface area contributed by atoms with Gasteiger partial charge in [-0.2, -0.15) is 0 Å². The first kappa shape index (κ1) is 40.3. The van der Waals surface area contributed by atoms with Crippen molar-refractivity contribution in [1.29, 1.82) is 0 Å². The second kappa shape index (κ2) is 22.7. The first-order valence-electron chi connectivity index (χ1n) is 15.8. The van der Waals surface area contributed by atoms with E-state index in [4.69, 9.17) is 14.0 Å². The lowest BCUT2D eigenvalue weighted by Crippen LogP contribution is -2.64. The van der Waals surface area contributed by atoms with Crippen LogP contribution in [0.15, 0.2) is 0 Å². The number of hydrogen-bond acceptors (Lipinski definition) is 12. The summed E-state index contributed by atoms with van der Waals surface area (Å²) in [6.45, 7) is -0.706. The van der Waals surface area contributed by atoms with Crippen LogP contribution in [0.4, 0.5) is 0 Å². The molecule has 1 saturated carbocycles. The molecule has 1 rings (SSSR count). The van der Waals surface area contributed by atoms with Gasteiger partial charge in [-0.3, -0.25) is 14.1 Å². The highest BCUT2D eigenvalue weighted by molar-refractivity contribution is 8.54. The number of hydrogen-bond donors (Lipinski definition) is 6. The van der Waals surface area contributed by atoms with Crippen LogP contribution in [0.1, 0.15) is 117 Å². The Hall–Kier alpha value is -0.760. The predicted molar refractivity (Wildman–Crippen MR) is 163 cm³/mol. The summed E-state index contributed by atoms with van der Waals surface area (Å²) < 4.78 is 28.5. The van der Waals surface area contributed by atoms with Crippen molar-refractivity contribution >= 4 is 30.1 Å². The van der Waals surface area contributed by atoms with Gasteiger partial charge in [-0.25, -0.2) is 4.57 Å². The second-order valence-corrected chi connectivity index (χ2v) is 15.2. The Labute approximate surface area is 260 Å². The number of aliphatic hydroxyl groups excluding tert-OH is 5. The zero-order valence-corrected chi connectivity index (χ0v) is 27.5. The number of carbonyl (C=O) groups excluding carboxylic acids is 2. The first-order chi connectivity index (χ1) is 20.4. The average molecular weight is 659 g/mol. The van der Waals surface area contributed by atoms with Gasteiger partial charge in [-0.05, 0) is 24.2 Å². The Morgan fingerprint density at radius 2 is 1.09 bits per heavy atom. The Morgan fingerprint density at radius 1 is 0.674 bits per heavy atom. The van der Waals surface area contributed by atoms with E-state index in [0.29, 0.717) is 24.2 Å². The zero-order valence-electron chi connectivity index (χ0n) is 25.8. The Balaban J connectivity index is 2.65. The third kappa shape index (κ3) is 16.9. The summed E-state index contributed by atoms with van der Waals surface area (Å²) >= 11 is 0.324. The van der Waals surface area contributed by atoms with Crippen LogP contribution in [0.5, 0.6) is 0 Å². The molecule has 0 bridgehead atoms. The fourth-order valence-corrected chi connectivity index (χ4v) is 7.44. The largest absolute Gasteiger partial charge is 0.462 e. The lowest BCUT2D eigenvalue weighted by molar-refractivity contribution is -0.217. The number of ether oxygens (including phenoxy) is 2. The number of carbonyl (C=O) groups is 2. The topological polar surface area (TPSA) is 200 Å². The van der Waals surface area contributed by atoms with Gasteiger partial charge in [0.2, 0.25) is 0 Å². The maximum absolute atomic E-state index is 12.8. The SMILES string of the molecule is CCCCCCCCCC(=O)OCC(CSP(=O)(O)OC1[C@@H](O)[C@H](O)C(O)[C@H](O)[C@@H]1O)OC(=O)CCCCCCCCC. The zero-order chi connectivity index (χ0) is 32.3. The van der Waals surface area contributed by atoms with Crippen LogP contribution in [-0.4, -0.2) is 97.5 Å². The summed E-state index contributed by atoms with van der Waals surface area (Å²) in [5.41, 5.74) is 0. The van der Waals surface area contributed by atoms with E-state index in [1.54, 1.807) is 0 Å².